The number of nitrogens with zero attached hydrogens (tertiary/aromatic N) is 2. The summed E-state index contributed by atoms with van der Waals surface area (Å²) in [5, 5.41) is 12.2. The van der Waals surface area contributed by atoms with Gasteiger partial charge in [-0.1, -0.05) is 0 Å². The van der Waals surface area contributed by atoms with Gasteiger partial charge in [0.1, 0.15) is 0 Å². The zero-order valence-corrected chi connectivity index (χ0v) is 9.45. The summed E-state index contributed by atoms with van der Waals surface area (Å²) < 4.78 is 0. The van der Waals surface area contributed by atoms with Crippen LogP contribution >= 0.6 is 0 Å². The lowest BCUT2D eigenvalue weighted by molar-refractivity contribution is 0.115. The molecule has 1 N–H and O–H groups in total. The first-order valence-electron chi connectivity index (χ1n) is 5.52. The van der Waals surface area contributed by atoms with E-state index in [9.17, 15) is 0 Å². The second-order valence-electron chi connectivity index (χ2n) is 4.40. The Morgan fingerprint density at radius 2 is 2.29 bits per heavy atom. The van der Waals surface area contributed by atoms with Gasteiger partial charge >= 0.3 is 0 Å². The van der Waals surface area contributed by atoms with Crippen molar-refractivity contribution in [1.29, 1.82) is 5.26 Å². The van der Waals surface area contributed by atoms with E-state index in [1.54, 1.807) is 0 Å². The van der Waals surface area contributed by atoms with Crippen LogP contribution in [0.1, 0.15) is 33.6 Å². The van der Waals surface area contributed by atoms with Crippen LogP contribution in [0.25, 0.3) is 0 Å². The van der Waals surface area contributed by atoms with Crippen molar-refractivity contribution >= 4 is 0 Å². The number of nitriles is 1. The fourth-order valence-corrected chi connectivity index (χ4v) is 2.41. The molecule has 2 atom stereocenters. The van der Waals surface area contributed by atoms with E-state index in [2.05, 4.69) is 37.1 Å². The highest BCUT2D eigenvalue weighted by Crippen LogP contribution is 2.17. The molecule has 80 valence electrons. The Morgan fingerprint density at radius 1 is 1.57 bits per heavy atom. The molecular weight excluding hydrogens is 174 g/mol. The molecule has 0 saturated carbocycles. The molecule has 3 heteroatoms. The minimum atomic E-state index is 0.387. The van der Waals surface area contributed by atoms with E-state index in [4.69, 9.17) is 5.26 Å². The van der Waals surface area contributed by atoms with E-state index >= 15 is 0 Å². The Labute approximate surface area is 87.1 Å². The van der Waals surface area contributed by atoms with Gasteiger partial charge in [0.05, 0.1) is 12.5 Å². The number of nitrogens with one attached hydrogen (secondary N) is 1. The molecule has 2 unspecified atom stereocenters. The minimum absolute atomic E-state index is 0.387. The standard InChI is InChI=1S/C11H21N3/c1-9(2)14-10(3)5-7-13-8-11(14)4-6-12/h9-11,13H,4-5,7-8H2,1-3H3. The van der Waals surface area contributed by atoms with Crippen molar-refractivity contribution in [1.82, 2.24) is 10.2 Å². The lowest BCUT2D eigenvalue weighted by atomic mass is 10.1. The van der Waals surface area contributed by atoms with Crippen molar-refractivity contribution in [2.75, 3.05) is 13.1 Å². The normalized spacial score (nSPS) is 29.9. The summed E-state index contributed by atoms with van der Waals surface area (Å²) in [6.45, 7) is 8.72. The maximum atomic E-state index is 8.79. The summed E-state index contributed by atoms with van der Waals surface area (Å²) in [5.41, 5.74) is 0. The number of hydrogen-bond donors (Lipinski definition) is 1. The van der Waals surface area contributed by atoms with Crippen LogP contribution in [-0.2, 0) is 0 Å². The number of hydrogen-bond acceptors (Lipinski definition) is 3. The average molecular weight is 195 g/mol. The van der Waals surface area contributed by atoms with Crippen LogP contribution < -0.4 is 5.32 Å². The van der Waals surface area contributed by atoms with Crippen molar-refractivity contribution in [3.8, 4) is 6.07 Å². The molecule has 3 nitrogen and oxygen atoms in total. The highest BCUT2D eigenvalue weighted by atomic mass is 15.2. The van der Waals surface area contributed by atoms with Gasteiger partial charge < -0.3 is 5.32 Å². The predicted molar refractivity (Wildman–Crippen MR) is 57.9 cm³/mol. The molecule has 1 saturated heterocycles. The summed E-state index contributed by atoms with van der Waals surface area (Å²) in [5.74, 6) is 0. The molecule has 0 radical (unpaired) electrons. The zero-order valence-electron chi connectivity index (χ0n) is 9.45. The first kappa shape index (κ1) is 11.5. The van der Waals surface area contributed by atoms with Gasteiger partial charge in [-0.25, -0.2) is 0 Å². The molecule has 0 aromatic heterocycles. The van der Waals surface area contributed by atoms with Crippen LogP contribution in [-0.4, -0.2) is 36.1 Å². The van der Waals surface area contributed by atoms with Crippen LogP contribution in [0.3, 0.4) is 0 Å². The smallest absolute Gasteiger partial charge is 0.0638 e. The van der Waals surface area contributed by atoms with E-state index < -0.39 is 0 Å². The molecular formula is C11H21N3. The van der Waals surface area contributed by atoms with Gasteiger partial charge in [0, 0.05) is 24.7 Å². The van der Waals surface area contributed by atoms with Crippen molar-refractivity contribution in [3.63, 3.8) is 0 Å². The molecule has 1 aliphatic heterocycles. The molecule has 0 aromatic carbocycles. The maximum absolute atomic E-state index is 8.79. The first-order chi connectivity index (χ1) is 6.66. The monoisotopic (exact) mass is 195 g/mol. The van der Waals surface area contributed by atoms with Crippen molar-refractivity contribution in [2.45, 2.75) is 51.7 Å². The lowest BCUT2D eigenvalue weighted by Gasteiger charge is -2.36. The third-order valence-electron chi connectivity index (χ3n) is 2.97. The van der Waals surface area contributed by atoms with Gasteiger partial charge in [-0.2, -0.15) is 5.26 Å². The van der Waals surface area contributed by atoms with E-state index in [0.717, 1.165) is 13.1 Å². The second kappa shape index (κ2) is 5.33. The predicted octanol–water partition coefficient (Wildman–Crippen LogP) is 1.36. The van der Waals surface area contributed by atoms with Crippen LogP contribution in [0.4, 0.5) is 0 Å². The minimum Gasteiger partial charge on any atom is -0.315 e. The SMILES string of the molecule is CC(C)N1C(C)CCNCC1CC#N. The summed E-state index contributed by atoms with van der Waals surface area (Å²) in [7, 11) is 0. The zero-order chi connectivity index (χ0) is 10.6. The highest BCUT2D eigenvalue weighted by molar-refractivity contribution is 4.90. The van der Waals surface area contributed by atoms with Crippen LogP contribution in [0.2, 0.25) is 0 Å². The molecule has 1 fully saturated rings. The summed E-state index contributed by atoms with van der Waals surface area (Å²) in [4.78, 5) is 2.48. The molecule has 0 spiro atoms. The summed E-state index contributed by atoms with van der Waals surface area (Å²) in [6.07, 6.45) is 1.82. The first-order valence-corrected chi connectivity index (χ1v) is 5.52. The Kier molecular flexibility index (Phi) is 4.37. The average Bonchev–Trinajstić information content (AvgIpc) is 2.28. The third-order valence-corrected chi connectivity index (χ3v) is 2.97. The van der Waals surface area contributed by atoms with Crippen molar-refractivity contribution in [2.24, 2.45) is 0 Å². The molecule has 1 aliphatic rings. The van der Waals surface area contributed by atoms with Gasteiger partial charge in [-0.15, -0.1) is 0 Å². The van der Waals surface area contributed by atoms with E-state index in [1.807, 2.05) is 0 Å². The van der Waals surface area contributed by atoms with Gasteiger partial charge in [0.15, 0.2) is 0 Å². The van der Waals surface area contributed by atoms with Crippen molar-refractivity contribution < 1.29 is 0 Å². The van der Waals surface area contributed by atoms with E-state index in [0.29, 0.717) is 24.5 Å². The molecule has 14 heavy (non-hydrogen) atoms. The Hall–Kier alpha value is -0.590. The van der Waals surface area contributed by atoms with Crippen LogP contribution in [0.15, 0.2) is 0 Å². The number of rotatable bonds is 2. The van der Waals surface area contributed by atoms with Crippen molar-refractivity contribution in [3.05, 3.63) is 0 Å². The van der Waals surface area contributed by atoms with E-state index in [-0.39, 0.29) is 0 Å². The Morgan fingerprint density at radius 3 is 2.86 bits per heavy atom. The topological polar surface area (TPSA) is 39.1 Å². The molecule has 0 amide bonds. The molecule has 1 rings (SSSR count). The second-order valence-corrected chi connectivity index (χ2v) is 4.40. The molecule has 0 aliphatic carbocycles. The fraction of sp³-hybridized carbons (Fsp3) is 0.909. The lowest BCUT2D eigenvalue weighted by Crippen LogP contribution is -2.47. The summed E-state index contributed by atoms with van der Waals surface area (Å²) in [6, 6.07) is 3.79. The van der Waals surface area contributed by atoms with E-state index in [1.165, 1.54) is 6.42 Å². The van der Waals surface area contributed by atoms with Gasteiger partial charge in [-0.3, -0.25) is 4.90 Å². The Bertz CT molecular complexity index is 207. The van der Waals surface area contributed by atoms with Gasteiger partial charge in [0.2, 0.25) is 0 Å². The molecule has 0 bridgehead atoms. The largest absolute Gasteiger partial charge is 0.315 e. The molecule has 0 aromatic rings. The summed E-state index contributed by atoms with van der Waals surface area (Å²) >= 11 is 0. The van der Waals surface area contributed by atoms with Gasteiger partial charge in [-0.05, 0) is 33.7 Å². The van der Waals surface area contributed by atoms with Gasteiger partial charge in [0.25, 0.3) is 0 Å². The third kappa shape index (κ3) is 2.70. The van der Waals surface area contributed by atoms with Crippen LogP contribution in [0, 0.1) is 11.3 Å². The van der Waals surface area contributed by atoms with Crippen LogP contribution in [0.5, 0.6) is 0 Å². The Balaban J connectivity index is 2.71. The quantitative estimate of drug-likeness (QED) is 0.723. The highest BCUT2D eigenvalue weighted by Gasteiger charge is 2.27. The molecule has 1 heterocycles. The fourth-order valence-electron chi connectivity index (χ4n) is 2.41. The maximum Gasteiger partial charge on any atom is 0.0638 e.